The van der Waals surface area contributed by atoms with Crippen molar-refractivity contribution >= 4 is 11.6 Å². The molecular formula is C23H25ClN6O. The first-order valence-electron chi connectivity index (χ1n) is 10.4. The van der Waals surface area contributed by atoms with E-state index in [-0.39, 0.29) is 0 Å². The van der Waals surface area contributed by atoms with Gasteiger partial charge in [0, 0.05) is 25.6 Å². The van der Waals surface area contributed by atoms with Gasteiger partial charge in [-0.25, -0.2) is 10.1 Å². The van der Waals surface area contributed by atoms with Crippen LogP contribution in [0.25, 0.3) is 22.5 Å². The Labute approximate surface area is 186 Å². The molecule has 0 aliphatic rings. The summed E-state index contributed by atoms with van der Waals surface area (Å²) in [5, 5.41) is 14.8. The van der Waals surface area contributed by atoms with Crippen molar-refractivity contribution in [3.05, 3.63) is 70.8 Å². The number of aromatic amines is 1. The summed E-state index contributed by atoms with van der Waals surface area (Å²) < 4.78 is 7.55. The maximum Gasteiger partial charge on any atom is 0.180 e. The van der Waals surface area contributed by atoms with Gasteiger partial charge in [0.05, 0.1) is 12.3 Å². The Morgan fingerprint density at radius 3 is 2.52 bits per heavy atom. The van der Waals surface area contributed by atoms with Gasteiger partial charge in [-0.3, -0.25) is 0 Å². The van der Waals surface area contributed by atoms with Crippen molar-refractivity contribution in [3.8, 4) is 22.5 Å². The SMILES string of the molecule is CCCCc1nc(Cl)c(COC)n1Cc1ccc(-c2ccccc2-c2nnn[nH]2)cc1. The second-order valence-corrected chi connectivity index (χ2v) is 7.74. The van der Waals surface area contributed by atoms with Crippen LogP contribution in [0.15, 0.2) is 48.5 Å². The first-order valence-corrected chi connectivity index (χ1v) is 10.7. The number of hydrogen-bond acceptors (Lipinski definition) is 5. The summed E-state index contributed by atoms with van der Waals surface area (Å²) in [6, 6.07) is 16.6. The highest BCUT2D eigenvalue weighted by molar-refractivity contribution is 6.30. The molecule has 31 heavy (non-hydrogen) atoms. The van der Waals surface area contributed by atoms with E-state index in [4.69, 9.17) is 16.3 Å². The minimum atomic E-state index is 0.439. The van der Waals surface area contributed by atoms with Gasteiger partial charge in [0.15, 0.2) is 11.0 Å². The summed E-state index contributed by atoms with van der Waals surface area (Å²) in [5.74, 6) is 1.66. The van der Waals surface area contributed by atoms with E-state index >= 15 is 0 Å². The predicted octanol–water partition coefficient (Wildman–Crippen LogP) is 4.92. The maximum absolute atomic E-state index is 6.41. The number of aryl methyl sites for hydroxylation is 1. The molecule has 0 spiro atoms. The molecule has 2 aromatic carbocycles. The normalized spacial score (nSPS) is 11.2. The van der Waals surface area contributed by atoms with E-state index in [9.17, 15) is 0 Å². The molecule has 1 N–H and O–H groups in total. The molecule has 0 saturated heterocycles. The number of hydrogen-bond donors (Lipinski definition) is 1. The van der Waals surface area contributed by atoms with E-state index < -0.39 is 0 Å². The maximum atomic E-state index is 6.41. The van der Waals surface area contributed by atoms with E-state index in [1.54, 1.807) is 7.11 Å². The van der Waals surface area contributed by atoms with Crippen LogP contribution in [0.2, 0.25) is 5.15 Å². The summed E-state index contributed by atoms with van der Waals surface area (Å²) in [7, 11) is 1.68. The Hall–Kier alpha value is -3.03. The topological polar surface area (TPSA) is 81.5 Å². The Balaban J connectivity index is 1.62. The molecule has 4 aromatic rings. The fourth-order valence-corrected chi connectivity index (χ4v) is 3.93. The third-order valence-electron chi connectivity index (χ3n) is 5.27. The van der Waals surface area contributed by atoms with Crippen molar-refractivity contribution in [1.29, 1.82) is 0 Å². The largest absolute Gasteiger partial charge is 0.378 e. The van der Waals surface area contributed by atoms with Crippen LogP contribution in [0, 0.1) is 0 Å². The van der Waals surface area contributed by atoms with Crippen molar-refractivity contribution < 1.29 is 4.74 Å². The minimum absolute atomic E-state index is 0.439. The molecule has 0 radical (unpaired) electrons. The van der Waals surface area contributed by atoms with Crippen molar-refractivity contribution in [2.45, 2.75) is 39.3 Å². The van der Waals surface area contributed by atoms with Crippen LogP contribution in [-0.4, -0.2) is 37.3 Å². The fraction of sp³-hybridized carbons (Fsp3) is 0.304. The number of halogens is 1. The average Bonchev–Trinajstić information content (AvgIpc) is 3.43. The molecule has 8 heteroatoms. The predicted molar refractivity (Wildman–Crippen MR) is 121 cm³/mol. The van der Waals surface area contributed by atoms with Gasteiger partial charge in [-0.15, -0.1) is 5.10 Å². The van der Waals surface area contributed by atoms with Gasteiger partial charge in [-0.2, -0.15) is 0 Å². The van der Waals surface area contributed by atoms with E-state index in [0.717, 1.165) is 47.5 Å². The zero-order valence-corrected chi connectivity index (χ0v) is 18.4. The van der Waals surface area contributed by atoms with Crippen LogP contribution in [-0.2, 0) is 24.3 Å². The number of nitrogens with one attached hydrogen (secondary N) is 1. The Morgan fingerprint density at radius 1 is 1.06 bits per heavy atom. The molecule has 2 heterocycles. The van der Waals surface area contributed by atoms with E-state index in [1.807, 2.05) is 18.2 Å². The third-order valence-corrected chi connectivity index (χ3v) is 5.57. The molecule has 7 nitrogen and oxygen atoms in total. The van der Waals surface area contributed by atoms with Gasteiger partial charge in [0.2, 0.25) is 0 Å². The fourth-order valence-electron chi connectivity index (χ4n) is 3.68. The number of aromatic nitrogens is 6. The van der Waals surface area contributed by atoms with Crippen molar-refractivity contribution in [2.24, 2.45) is 0 Å². The summed E-state index contributed by atoms with van der Waals surface area (Å²) in [4.78, 5) is 4.59. The van der Waals surface area contributed by atoms with Crippen molar-refractivity contribution in [2.75, 3.05) is 7.11 Å². The number of tetrazole rings is 1. The van der Waals surface area contributed by atoms with Crippen LogP contribution in [0.4, 0.5) is 0 Å². The Kier molecular flexibility index (Phi) is 6.74. The molecule has 2 aromatic heterocycles. The zero-order valence-electron chi connectivity index (χ0n) is 17.7. The summed E-state index contributed by atoms with van der Waals surface area (Å²) >= 11 is 6.41. The highest BCUT2D eigenvalue weighted by Crippen LogP contribution is 2.30. The van der Waals surface area contributed by atoms with Gasteiger partial charge in [-0.1, -0.05) is 73.5 Å². The number of H-pyrrole nitrogens is 1. The molecule has 0 bridgehead atoms. The van der Waals surface area contributed by atoms with Crippen LogP contribution < -0.4 is 0 Å². The number of unbranched alkanes of at least 4 members (excludes halogenated alkanes) is 1. The van der Waals surface area contributed by atoms with E-state index in [0.29, 0.717) is 24.1 Å². The Bertz CT molecular complexity index is 1120. The zero-order chi connectivity index (χ0) is 21.6. The lowest BCUT2D eigenvalue weighted by Gasteiger charge is -2.13. The highest BCUT2D eigenvalue weighted by Gasteiger charge is 2.16. The first-order chi connectivity index (χ1) is 15.2. The van der Waals surface area contributed by atoms with Gasteiger partial charge in [-0.05, 0) is 33.5 Å². The summed E-state index contributed by atoms with van der Waals surface area (Å²) in [5.41, 5.74) is 5.23. The molecule has 160 valence electrons. The molecule has 0 unspecified atom stereocenters. The smallest absolute Gasteiger partial charge is 0.180 e. The van der Waals surface area contributed by atoms with Gasteiger partial charge in [0.1, 0.15) is 5.82 Å². The number of benzene rings is 2. The van der Waals surface area contributed by atoms with Crippen LogP contribution in [0.3, 0.4) is 0 Å². The summed E-state index contributed by atoms with van der Waals surface area (Å²) in [6.07, 6.45) is 3.08. The lowest BCUT2D eigenvalue weighted by molar-refractivity contribution is 0.178. The van der Waals surface area contributed by atoms with Gasteiger partial charge < -0.3 is 9.30 Å². The standard InChI is InChI=1S/C23H25ClN6O/c1-3-4-9-21-25-22(24)20(15-31-2)30(21)14-16-10-12-17(13-11-16)18-7-5-6-8-19(18)23-26-28-29-27-23/h5-8,10-13H,3-4,9,14-15H2,1-2H3,(H,26,27,28,29). The molecule has 4 rings (SSSR count). The quantitative estimate of drug-likeness (QED) is 0.402. The lowest BCUT2D eigenvalue weighted by atomic mass is 9.98. The van der Waals surface area contributed by atoms with Crippen LogP contribution >= 0.6 is 11.6 Å². The number of imidazole rings is 1. The number of ether oxygens (including phenoxy) is 1. The van der Waals surface area contributed by atoms with Gasteiger partial charge in [0.25, 0.3) is 0 Å². The first kappa shape index (κ1) is 21.2. The second kappa shape index (κ2) is 9.85. The molecule has 0 aliphatic heterocycles. The summed E-state index contributed by atoms with van der Waals surface area (Å²) in [6.45, 7) is 3.32. The van der Waals surface area contributed by atoms with Crippen LogP contribution in [0.5, 0.6) is 0 Å². The number of nitrogens with zero attached hydrogens (tertiary/aromatic N) is 5. The monoisotopic (exact) mass is 436 g/mol. The molecule has 0 amide bonds. The average molecular weight is 437 g/mol. The highest BCUT2D eigenvalue weighted by atomic mass is 35.5. The number of methoxy groups -OCH3 is 1. The van der Waals surface area contributed by atoms with Crippen molar-refractivity contribution in [3.63, 3.8) is 0 Å². The molecule has 0 atom stereocenters. The molecular weight excluding hydrogens is 412 g/mol. The van der Waals surface area contributed by atoms with Crippen LogP contribution in [0.1, 0.15) is 36.8 Å². The third kappa shape index (κ3) is 4.68. The number of rotatable bonds is 9. The Morgan fingerprint density at radius 2 is 1.84 bits per heavy atom. The van der Waals surface area contributed by atoms with E-state index in [1.165, 1.54) is 5.56 Å². The lowest BCUT2D eigenvalue weighted by Crippen LogP contribution is -2.10. The van der Waals surface area contributed by atoms with Crippen molar-refractivity contribution in [1.82, 2.24) is 30.2 Å². The van der Waals surface area contributed by atoms with E-state index in [2.05, 4.69) is 67.4 Å². The molecule has 0 fully saturated rings. The molecule has 0 saturated carbocycles. The minimum Gasteiger partial charge on any atom is -0.378 e. The molecule has 0 aliphatic carbocycles. The second-order valence-electron chi connectivity index (χ2n) is 7.38. The van der Waals surface area contributed by atoms with Gasteiger partial charge >= 0.3 is 0 Å².